The van der Waals surface area contributed by atoms with E-state index in [4.69, 9.17) is 0 Å². The number of amides is 1. The van der Waals surface area contributed by atoms with E-state index in [9.17, 15) is 4.79 Å². The number of anilines is 1. The molecule has 2 rings (SSSR count). The van der Waals surface area contributed by atoms with Crippen LogP contribution in [0.2, 0.25) is 0 Å². The van der Waals surface area contributed by atoms with Crippen molar-refractivity contribution in [2.24, 2.45) is 0 Å². The summed E-state index contributed by atoms with van der Waals surface area (Å²) in [6, 6.07) is 3.52. The summed E-state index contributed by atoms with van der Waals surface area (Å²) in [6.07, 6.45) is 7.39. The van der Waals surface area contributed by atoms with Gasteiger partial charge in [-0.15, -0.1) is 0 Å². The van der Waals surface area contributed by atoms with Crippen LogP contribution in [0.4, 0.5) is 5.69 Å². The molecule has 17 heavy (non-hydrogen) atoms. The van der Waals surface area contributed by atoms with E-state index >= 15 is 0 Å². The SMILES string of the molecule is Cc1cnn(CCC(=O)Nc2ccncc2)c1. The number of carbonyl (C=O) groups excluding carboxylic acids is 1. The van der Waals surface area contributed by atoms with Gasteiger partial charge in [-0.1, -0.05) is 0 Å². The highest BCUT2D eigenvalue weighted by Gasteiger charge is 2.03. The van der Waals surface area contributed by atoms with Crippen molar-refractivity contribution in [3.8, 4) is 0 Å². The first kappa shape index (κ1) is 11.3. The number of aryl methyl sites for hydroxylation is 2. The molecule has 2 aromatic heterocycles. The summed E-state index contributed by atoms with van der Waals surface area (Å²) in [4.78, 5) is 15.5. The zero-order valence-electron chi connectivity index (χ0n) is 9.63. The zero-order chi connectivity index (χ0) is 12.1. The summed E-state index contributed by atoms with van der Waals surface area (Å²) in [7, 11) is 0. The van der Waals surface area contributed by atoms with E-state index in [-0.39, 0.29) is 5.91 Å². The van der Waals surface area contributed by atoms with Crippen LogP contribution in [0.1, 0.15) is 12.0 Å². The molecule has 5 heteroatoms. The molecule has 0 aliphatic heterocycles. The highest BCUT2D eigenvalue weighted by molar-refractivity contribution is 5.90. The van der Waals surface area contributed by atoms with Gasteiger partial charge >= 0.3 is 0 Å². The van der Waals surface area contributed by atoms with Crippen molar-refractivity contribution >= 4 is 11.6 Å². The molecule has 0 unspecified atom stereocenters. The van der Waals surface area contributed by atoms with Crippen LogP contribution < -0.4 is 5.32 Å². The van der Waals surface area contributed by atoms with Crippen molar-refractivity contribution in [1.29, 1.82) is 0 Å². The van der Waals surface area contributed by atoms with Crippen molar-refractivity contribution < 1.29 is 4.79 Å². The smallest absolute Gasteiger partial charge is 0.226 e. The van der Waals surface area contributed by atoms with E-state index in [0.717, 1.165) is 11.3 Å². The monoisotopic (exact) mass is 230 g/mol. The third kappa shape index (κ3) is 3.41. The standard InChI is InChI=1S/C12H14N4O/c1-10-8-14-16(9-10)7-4-12(17)15-11-2-5-13-6-3-11/h2-3,5-6,8-9H,4,7H2,1H3,(H,13,15,17). The summed E-state index contributed by atoms with van der Waals surface area (Å²) < 4.78 is 1.77. The van der Waals surface area contributed by atoms with Gasteiger partial charge in [0, 0.05) is 37.2 Å². The largest absolute Gasteiger partial charge is 0.326 e. The van der Waals surface area contributed by atoms with Gasteiger partial charge in [-0.05, 0) is 24.6 Å². The highest BCUT2D eigenvalue weighted by atomic mass is 16.1. The molecule has 1 amide bonds. The number of hydrogen-bond donors (Lipinski definition) is 1. The Morgan fingerprint density at radius 3 is 2.82 bits per heavy atom. The lowest BCUT2D eigenvalue weighted by molar-refractivity contribution is -0.116. The number of rotatable bonds is 4. The molecular weight excluding hydrogens is 216 g/mol. The third-order valence-electron chi connectivity index (χ3n) is 2.29. The molecule has 0 bridgehead atoms. The fourth-order valence-corrected chi connectivity index (χ4v) is 1.46. The Bertz CT molecular complexity index is 492. The minimum atomic E-state index is -0.0237. The van der Waals surface area contributed by atoms with Gasteiger partial charge in [0.15, 0.2) is 0 Å². The topological polar surface area (TPSA) is 59.8 Å². The fraction of sp³-hybridized carbons (Fsp3) is 0.250. The average molecular weight is 230 g/mol. The first-order valence-electron chi connectivity index (χ1n) is 5.43. The summed E-state index contributed by atoms with van der Waals surface area (Å²) in [5.41, 5.74) is 1.86. The molecule has 5 nitrogen and oxygen atoms in total. The number of nitrogens with zero attached hydrogens (tertiary/aromatic N) is 3. The van der Waals surface area contributed by atoms with Gasteiger partial charge < -0.3 is 5.32 Å². The maximum atomic E-state index is 11.6. The predicted octanol–water partition coefficient (Wildman–Crippen LogP) is 1.62. The minimum Gasteiger partial charge on any atom is -0.326 e. The molecular formula is C12H14N4O. The maximum absolute atomic E-state index is 11.6. The minimum absolute atomic E-state index is 0.0237. The molecule has 2 aromatic rings. The van der Waals surface area contributed by atoms with Crippen molar-refractivity contribution in [3.63, 3.8) is 0 Å². The van der Waals surface area contributed by atoms with Gasteiger partial charge in [0.2, 0.25) is 5.91 Å². The predicted molar refractivity (Wildman–Crippen MR) is 64.4 cm³/mol. The van der Waals surface area contributed by atoms with Gasteiger partial charge in [0.05, 0.1) is 6.20 Å². The Balaban J connectivity index is 1.82. The van der Waals surface area contributed by atoms with Gasteiger partial charge in [0.25, 0.3) is 0 Å². The van der Waals surface area contributed by atoms with Gasteiger partial charge in [-0.2, -0.15) is 5.10 Å². The van der Waals surface area contributed by atoms with E-state index in [2.05, 4.69) is 15.4 Å². The number of nitrogens with one attached hydrogen (secondary N) is 1. The van der Waals surface area contributed by atoms with Crippen LogP contribution in [0, 0.1) is 6.92 Å². The first-order chi connectivity index (χ1) is 8.24. The quantitative estimate of drug-likeness (QED) is 0.868. The second-order valence-corrected chi connectivity index (χ2v) is 3.81. The van der Waals surface area contributed by atoms with Crippen LogP contribution in [-0.4, -0.2) is 20.7 Å². The molecule has 0 spiro atoms. The molecule has 1 N–H and O–H groups in total. The average Bonchev–Trinajstić information content (AvgIpc) is 2.74. The molecule has 0 saturated carbocycles. The summed E-state index contributed by atoms with van der Waals surface area (Å²) in [6.45, 7) is 2.56. The second kappa shape index (κ2) is 5.25. The Kier molecular flexibility index (Phi) is 3.49. The lowest BCUT2D eigenvalue weighted by atomic mass is 10.3. The Hall–Kier alpha value is -2.17. The summed E-state index contributed by atoms with van der Waals surface area (Å²) in [5.74, 6) is -0.0237. The van der Waals surface area contributed by atoms with E-state index in [1.54, 1.807) is 35.4 Å². The summed E-state index contributed by atoms with van der Waals surface area (Å²) >= 11 is 0. The molecule has 0 saturated heterocycles. The number of carbonyl (C=O) groups is 1. The van der Waals surface area contributed by atoms with Crippen LogP contribution in [-0.2, 0) is 11.3 Å². The van der Waals surface area contributed by atoms with E-state index in [0.29, 0.717) is 13.0 Å². The lowest BCUT2D eigenvalue weighted by Gasteiger charge is -2.04. The van der Waals surface area contributed by atoms with E-state index in [1.807, 2.05) is 13.1 Å². The number of aromatic nitrogens is 3. The number of pyridine rings is 1. The van der Waals surface area contributed by atoms with Crippen LogP contribution in [0.3, 0.4) is 0 Å². The van der Waals surface area contributed by atoms with Crippen molar-refractivity contribution in [2.75, 3.05) is 5.32 Å². The van der Waals surface area contributed by atoms with Crippen LogP contribution in [0.15, 0.2) is 36.9 Å². The van der Waals surface area contributed by atoms with Crippen LogP contribution in [0.25, 0.3) is 0 Å². The van der Waals surface area contributed by atoms with Crippen LogP contribution >= 0.6 is 0 Å². The maximum Gasteiger partial charge on any atom is 0.226 e. The molecule has 0 radical (unpaired) electrons. The molecule has 0 aromatic carbocycles. The Morgan fingerprint density at radius 2 is 2.18 bits per heavy atom. The molecule has 0 fully saturated rings. The van der Waals surface area contributed by atoms with Gasteiger partial charge in [0.1, 0.15) is 0 Å². The fourth-order valence-electron chi connectivity index (χ4n) is 1.46. The summed E-state index contributed by atoms with van der Waals surface area (Å²) in [5, 5.41) is 6.92. The normalized spacial score (nSPS) is 10.2. The van der Waals surface area contributed by atoms with Crippen molar-refractivity contribution in [1.82, 2.24) is 14.8 Å². The molecule has 0 aliphatic carbocycles. The molecule has 0 atom stereocenters. The molecule has 2 heterocycles. The van der Waals surface area contributed by atoms with E-state index in [1.165, 1.54) is 0 Å². The van der Waals surface area contributed by atoms with Gasteiger partial charge in [-0.3, -0.25) is 14.5 Å². The van der Waals surface area contributed by atoms with E-state index < -0.39 is 0 Å². The first-order valence-corrected chi connectivity index (χ1v) is 5.43. The van der Waals surface area contributed by atoms with Gasteiger partial charge in [-0.25, -0.2) is 0 Å². The Morgan fingerprint density at radius 1 is 1.41 bits per heavy atom. The van der Waals surface area contributed by atoms with Crippen molar-refractivity contribution in [2.45, 2.75) is 19.9 Å². The van der Waals surface area contributed by atoms with Crippen molar-refractivity contribution in [3.05, 3.63) is 42.5 Å². The molecule has 0 aliphatic rings. The third-order valence-corrected chi connectivity index (χ3v) is 2.29. The number of hydrogen-bond acceptors (Lipinski definition) is 3. The highest BCUT2D eigenvalue weighted by Crippen LogP contribution is 2.04. The van der Waals surface area contributed by atoms with Crippen LogP contribution in [0.5, 0.6) is 0 Å². The zero-order valence-corrected chi connectivity index (χ0v) is 9.63. The lowest BCUT2D eigenvalue weighted by Crippen LogP contribution is -2.14. The second-order valence-electron chi connectivity index (χ2n) is 3.81. The molecule has 88 valence electrons. The Labute approximate surface area is 99.5 Å².